The molecular weight excluding hydrogens is 239 g/mol. The van der Waals surface area contributed by atoms with Crippen molar-refractivity contribution in [3.8, 4) is 0 Å². The van der Waals surface area contributed by atoms with Crippen LogP contribution in [0.5, 0.6) is 0 Å². The molecular formula is C12H13FN2O3. The van der Waals surface area contributed by atoms with Gasteiger partial charge in [0, 0.05) is 6.54 Å². The Balaban J connectivity index is 2.44. The summed E-state index contributed by atoms with van der Waals surface area (Å²) in [5, 5.41) is 9.10. The van der Waals surface area contributed by atoms with Crippen LogP contribution >= 0.6 is 0 Å². The second kappa shape index (κ2) is 4.64. The molecule has 0 spiro atoms. The molecule has 2 rings (SSSR count). The summed E-state index contributed by atoms with van der Waals surface area (Å²) in [4.78, 5) is 24.0. The number of carboxylic acids is 1. The molecule has 3 N–H and O–H groups in total. The van der Waals surface area contributed by atoms with Crippen molar-refractivity contribution in [2.75, 3.05) is 11.4 Å². The number of nitrogens with two attached hydrogens (primary N) is 1. The zero-order valence-corrected chi connectivity index (χ0v) is 9.60. The van der Waals surface area contributed by atoms with E-state index >= 15 is 0 Å². The van der Waals surface area contributed by atoms with Gasteiger partial charge in [-0.15, -0.1) is 0 Å². The molecule has 1 unspecified atom stereocenters. The number of halogens is 1. The van der Waals surface area contributed by atoms with Crippen molar-refractivity contribution in [3.05, 3.63) is 29.6 Å². The van der Waals surface area contributed by atoms with Crippen molar-refractivity contribution in [1.82, 2.24) is 0 Å². The lowest BCUT2D eigenvalue weighted by Gasteiger charge is -2.25. The van der Waals surface area contributed by atoms with Crippen molar-refractivity contribution in [3.63, 3.8) is 0 Å². The van der Waals surface area contributed by atoms with Gasteiger partial charge in [0.2, 0.25) is 0 Å². The summed E-state index contributed by atoms with van der Waals surface area (Å²) >= 11 is 0. The number of hydrogen-bond acceptors (Lipinski definition) is 3. The molecule has 0 aliphatic carbocycles. The zero-order valence-electron chi connectivity index (χ0n) is 9.60. The van der Waals surface area contributed by atoms with Crippen LogP contribution in [0, 0.1) is 5.82 Å². The van der Waals surface area contributed by atoms with E-state index in [0.717, 1.165) is 6.07 Å². The van der Waals surface area contributed by atoms with E-state index in [1.54, 1.807) is 4.90 Å². The van der Waals surface area contributed by atoms with Crippen LogP contribution in [-0.2, 0) is 4.79 Å². The van der Waals surface area contributed by atoms with Crippen molar-refractivity contribution in [1.29, 1.82) is 0 Å². The predicted octanol–water partition coefficient (Wildman–Crippen LogP) is 0.978. The molecule has 0 aromatic heterocycles. The number of anilines is 1. The fourth-order valence-electron chi connectivity index (χ4n) is 2.27. The van der Waals surface area contributed by atoms with Crippen molar-refractivity contribution in [2.24, 2.45) is 5.73 Å². The highest BCUT2D eigenvalue weighted by molar-refractivity contribution is 5.99. The maximum atomic E-state index is 13.1. The van der Waals surface area contributed by atoms with E-state index < -0.39 is 23.7 Å². The van der Waals surface area contributed by atoms with Gasteiger partial charge in [-0.05, 0) is 31.0 Å². The highest BCUT2D eigenvalue weighted by Gasteiger charge is 2.32. The lowest BCUT2D eigenvalue weighted by molar-refractivity contribution is -0.138. The minimum absolute atomic E-state index is 0.0168. The van der Waals surface area contributed by atoms with Gasteiger partial charge in [-0.3, -0.25) is 4.79 Å². The van der Waals surface area contributed by atoms with Crippen molar-refractivity contribution < 1.29 is 19.1 Å². The van der Waals surface area contributed by atoms with Crippen LogP contribution in [0.3, 0.4) is 0 Å². The molecule has 18 heavy (non-hydrogen) atoms. The minimum atomic E-state index is -0.952. The van der Waals surface area contributed by atoms with Gasteiger partial charge in [0.15, 0.2) is 0 Å². The van der Waals surface area contributed by atoms with Crippen LogP contribution in [0.15, 0.2) is 18.2 Å². The third kappa shape index (κ3) is 2.13. The first-order chi connectivity index (χ1) is 8.50. The molecule has 0 saturated carbocycles. The van der Waals surface area contributed by atoms with Gasteiger partial charge in [0.05, 0.1) is 11.3 Å². The van der Waals surface area contributed by atoms with Gasteiger partial charge >= 0.3 is 5.97 Å². The number of carbonyl (C=O) groups is 2. The Bertz CT molecular complexity index is 504. The molecule has 6 heteroatoms. The van der Waals surface area contributed by atoms with Crippen LogP contribution in [0.1, 0.15) is 23.2 Å². The molecule has 1 aliphatic rings. The molecule has 1 aromatic rings. The van der Waals surface area contributed by atoms with E-state index in [2.05, 4.69) is 0 Å². The molecule has 1 saturated heterocycles. The quantitative estimate of drug-likeness (QED) is 0.839. The van der Waals surface area contributed by atoms with Crippen LogP contribution in [-0.4, -0.2) is 29.6 Å². The van der Waals surface area contributed by atoms with E-state index in [4.69, 9.17) is 10.8 Å². The maximum Gasteiger partial charge on any atom is 0.326 e. The first kappa shape index (κ1) is 12.3. The van der Waals surface area contributed by atoms with Gasteiger partial charge in [-0.2, -0.15) is 0 Å². The number of carbonyl (C=O) groups excluding carboxylic acids is 1. The lowest BCUT2D eigenvalue weighted by Crippen LogP contribution is -2.37. The third-order valence-corrected chi connectivity index (χ3v) is 3.07. The van der Waals surface area contributed by atoms with E-state index in [-0.39, 0.29) is 5.56 Å². The molecule has 1 fully saturated rings. The number of hydrogen-bond donors (Lipinski definition) is 2. The van der Waals surface area contributed by atoms with Gasteiger partial charge in [0.1, 0.15) is 11.9 Å². The topological polar surface area (TPSA) is 83.6 Å². The summed E-state index contributed by atoms with van der Waals surface area (Å²) < 4.78 is 13.1. The van der Waals surface area contributed by atoms with Gasteiger partial charge in [-0.1, -0.05) is 0 Å². The van der Waals surface area contributed by atoms with E-state index in [9.17, 15) is 14.0 Å². The van der Waals surface area contributed by atoms with Crippen LogP contribution in [0.2, 0.25) is 0 Å². The summed E-state index contributed by atoms with van der Waals surface area (Å²) in [6, 6.07) is 2.94. The van der Waals surface area contributed by atoms with E-state index in [1.165, 1.54) is 12.1 Å². The lowest BCUT2D eigenvalue weighted by atomic mass is 10.1. The monoisotopic (exact) mass is 252 g/mol. The first-order valence-electron chi connectivity index (χ1n) is 5.59. The fraction of sp³-hybridized carbons (Fsp3) is 0.333. The summed E-state index contributed by atoms with van der Waals surface area (Å²) in [7, 11) is 0. The summed E-state index contributed by atoms with van der Waals surface area (Å²) in [5.41, 5.74) is 5.59. The molecule has 1 amide bonds. The molecule has 5 nitrogen and oxygen atoms in total. The maximum absolute atomic E-state index is 13.1. The van der Waals surface area contributed by atoms with E-state index in [1.807, 2.05) is 0 Å². The highest BCUT2D eigenvalue weighted by Crippen LogP contribution is 2.29. The van der Waals surface area contributed by atoms with Gasteiger partial charge in [-0.25, -0.2) is 9.18 Å². The molecule has 0 bridgehead atoms. The molecule has 1 heterocycles. The number of amides is 1. The normalized spacial score (nSPS) is 18.9. The van der Waals surface area contributed by atoms with Gasteiger partial charge in [0.25, 0.3) is 5.91 Å². The molecule has 1 aromatic carbocycles. The Morgan fingerprint density at radius 3 is 2.78 bits per heavy atom. The second-order valence-electron chi connectivity index (χ2n) is 4.22. The Labute approximate surface area is 103 Å². The molecule has 1 aliphatic heterocycles. The van der Waals surface area contributed by atoms with E-state index in [0.29, 0.717) is 25.1 Å². The Morgan fingerprint density at radius 2 is 2.17 bits per heavy atom. The minimum Gasteiger partial charge on any atom is -0.480 e. The third-order valence-electron chi connectivity index (χ3n) is 3.07. The average molecular weight is 252 g/mol. The largest absolute Gasteiger partial charge is 0.480 e. The van der Waals surface area contributed by atoms with Crippen LogP contribution < -0.4 is 10.6 Å². The Hall–Kier alpha value is -2.11. The fourth-order valence-corrected chi connectivity index (χ4v) is 2.27. The SMILES string of the molecule is NC(=O)c1cc(F)ccc1N1CCCC1C(=O)O. The van der Waals surface area contributed by atoms with Crippen LogP contribution in [0.4, 0.5) is 10.1 Å². The second-order valence-corrected chi connectivity index (χ2v) is 4.22. The Kier molecular flexibility index (Phi) is 3.18. The number of aliphatic carboxylic acids is 1. The number of nitrogens with zero attached hydrogens (tertiary/aromatic N) is 1. The van der Waals surface area contributed by atoms with Crippen molar-refractivity contribution in [2.45, 2.75) is 18.9 Å². The Morgan fingerprint density at radius 1 is 1.44 bits per heavy atom. The molecule has 1 atom stereocenters. The predicted molar refractivity (Wildman–Crippen MR) is 62.9 cm³/mol. The summed E-state index contributed by atoms with van der Waals surface area (Å²) in [6.45, 7) is 0.517. The van der Waals surface area contributed by atoms with Crippen LogP contribution in [0.25, 0.3) is 0 Å². The zero-order chi connectivity index (χ0) is 13.3. The standard InChI is InChI=1S/C12H13FN2O3/c13-7-3-4-9(8(6-7)11(14)16)15-5-1-2-10(15)12(17)18/h3-4,6,10H,1-2,5H2,(H2,14,16)(H,17,18). The van der Waals surface area contributed by atoms with Gasteiger partial charge < -0.3 is 15.7 Å². The molecule has 96 valence electrons. The van der Waals surface area contributed by atoms with Crippen molar-refractivity contribution >= 4 is 17.6 Å². The highest BCUT2D eigenvalue weighted by atomic mass is 19.1. The first-order valence-corrected chi connectivity index (χ1v) is 5.59. The number of rotatable bonds is 3. The average Bonchev–Trinajstić information content (AvgIpc) is 2.77. The number of carboxylic acid groups (broad SMARTS) is 1. The number of benzene rings is 1. The number of primary amides is 1. The summed E-state index contributed by atoms with van der Waals surface area (Å²) in [6.07, 6.45) is 1.22. The molecule has 0 radical (unpaired) electrons. The summed E-state index contributed by atoms with van der Waals surface area (Å²) in [5.74, 6) is -2.29. The smallest absolute Gasteiger partial charge is 0.326 e.